The van der Waals surface area contributed by atoms with E-state index in [1.165, 1.54) is 6.07 Å². The van der Waals surface area contributed by atoms with Crippen LogP contribution in [0.15, 0.2) is 18.2 Å². The third-order valence-electron chi connectivity index (χ3n) is 1.41. The van der Waals surface area contributed by atoms with E-state index in [1.807, 2.05) is 0 Å². The Morgan fingerprint density at radius 2 is 2.21 bits per heavy atom. The van der Waals surface area contributed by atoms with Crippen LogP contribution in [0, 0.1) is 39.1 Å². The van der Waals surface area contributed by atoms with E-state index in [9.17, 15) is 14.5 Å². The lowest BCUT2D eigenvalue weighted by Crippen LogP contribution is -1.92. The summed E-state index contributed by atoms with van der Waals surface area (Å²) in [4.78, 5) is 9.46. The molecule has 0 amide bonds. The number of hydrogen-bond acceptors (Lipinski definition) is 3. The number of halogens is 1. The number of nitro groups is 1. The Bertz CT molecular complexity index is 480. The van der Waals surface area contributed by atoms with Gasteiger partial charge in [-0.15, -0.1) is 0 Å². The molecular weight excluding hydrogens is 187 g/mol. The van der Waals surface area contributed by atoms with Crippen molar-refractivity contribution in [2.24, 2.45) is 0 Å². The Labute approximate surface area is 78.7 Å². The van der Waals surface area contributed by atoms with Gasteiger partial charge in [-0.05, 0) is 12.1 Å². The Morgan fingerprint density at radius 3 is 2.79 bits per heavy atom. The van der Waals surface area contributed by atoms with E-state index >= 15 is 0 Å². The molecule has 68 valence electrons. The third kappa shape index (κ3) is 2.05. The minimum absolute atomic E-state index is 0.236. The lowest BCUT2D eigenvalue weighted by Gasteiger charge is -1.93. The fraction of sp³-hybridized carbons (Fsp3) is 0. The zero-order valence-electron chi connectivity index (χ0n) is 6.82. The van der Waals surface area contributed by atoms with Crippen molar-refractivity contribution in [2.75, 3.05) is 0 Å². The molecule has 1 aromatic rings. The number of rotatable bonds is 1. The summed E-state index contributed by atoms with van der Waals surface area (Å²) in [5.41, 5.74) is -0.408. The first-order valence-electron chi connectivity index (χ1n) is 3.49. The zero-order chi connectivity index (χ0) is 10.6. The summed E-state index contributed by atoms with van der Waals surface area (Å²) >= 11 is 0. The number of nitrogens with zero attached hydrogens (tertiary/aromatic N) is 2. The van der Waals surface area contributed by atoms with Gasteiger partial charge < -0.3 is 0 Å². The molecule has 0 atom stereocenters. The summed E-state index contributed by atoms with van der Waals surface area (Å²) in [5.74, 6) is 3.48. The van der Waals surface area contributed by atoms with Gasteiger partial charge in [0.1, 0.15) is 0 Å². The van der Waals surface area contributed by atoms with Crippen LogP contribution >= 0.6 is 0 Å². The van der Waals surface area contributed by atoms with Crippen LogP contribution < -0.4 is 0 Å². The minimum Gasteiger partial charge on any atom is -0.258 e. The molecule has 0 saturated carbocycles. The first kappa shape index (κ1) is 9.69. The van der Waals surface area contributed by atoms with Crippen LogP contribution in [0.4, 0.5) is 10.1 Å². The van der Waals surface area contributed by atoms with Crippen molar-refractivity contribution < 1.29 is 9.31 Å². The van der Waals surface area contributed by atoms with Gasteiger partial charge in [0.05, 0.1) is 4.92 Å². The monoisotopic (exact) mass is 190 g/mol. The smallest absolute Gasteiger partial charge is 0.258 e. The highest BCUT2D eigenvalue weighted by Gasteiger charge is 2.13. The van der Waals surface area contributed by atoms with Crippen LogP contribution in [0.1, 0.15) is 5.56 Å². The topological polar surface area (TPSA) is 66.9 Å². The first-order chi connectivity index (χ1) is 6.65. The van der Waals surface area contributed by atoms with Gasteiger partial charge in [-0.1, -0.05) is 5.92 Å². The van der Waals surface area contributed by atoms with E-state index in [1.54, 1.807) is 6.07 Å². The van der Waals surface area contributed by atoms with Crippen molar-refractivity contribution in [1.29, 1.82) is 5.26 Å². The molecule has 0 heterocycles. The maximum atomic E-state index is 12.8. The second-order valence-electron chi connectivity index (χ2n) is 2.29. The molecule has 0 radical (unpaired) electrons. The maximum Gasteiger partial charge on any atom is 0.306 e. The summed E-state index contributed by atoms with van der Waals surface area (Å²) in [6.07, 6.45) is 0. The highest BCUT2D eigenvalue weighted by atomic mass is 19.1. The quantitative estimate of drug-likeness (QED) is 0.383. The summed E-state index contributed by atoms with van der Waals surface area (Å²) in [7, 11) is 0. The molecule has 0 spiro atoms. The lowest BCUT2D eigenvalue weighted by atomic mass is 10.2. The Kier molecular flexibility index (Phi) is 2.78. The largest absolute Gasteiger partial charge is 0.306 e. The molecule has 0 aromatic heterocycles. The number of nitro benzene ring substituents is 1. The van der Waals surface area contributed by atoms with Gasteiger partial charge in [0.2, 0.25) is 5.82 Å². The molecule has 0 aliphatic heterocycles. The predicted molar refractivity (Wildman–Crippen MR) is 45.5 cm³/mol. The van der Waals surface area contributed by atoms with Crippen molar-refractivity contribution >= 4 is 5.69 Å². The summed E-state index contributed by atoms with van der Waals surface area (Å²) in [6.45, 7) is 0. The third-order valence-corrected chi connectivity index (χ3v) is 1.41. The predicted octanol–water partition coefficient (Wildman–Crippen LogP) is 1.61. The molecule has 5 heteroatoms. The van der Waals surface area contributed by atoms with Gasteiger partial charge in [-0.3, -0.25) is 10.1 Å². The SMILES string of the molecule is N#CC#Cc1ccc(F)c([N+](=O)[O-])c1. The van der Waals surface area contributed by atoms with Crippen LogP contribution in [-0.2, 0) is 0 Å². The molecule has 0 fully saturated rings. The van der Waals surface area contributed by atoms with Crippen LogP contribution in [0.25, 0.3) is 0 Å². The number of benzene rings is 1. The fourth-order valence-corrected chi connectivity index (χ4v) is 0.830. The van der Waals surface area contributed by atoms with E-state index in [0.717, 1.165) is 12.1 Å². The van der Waals surface area contributed by atoms with Gasteiger partial charge in [-0.2, -0.15) is 9.65 Å². The van der Waals surface area contributed by atoms with Crippen molar-refractivity contribution in [3.05, 3.63) is 39.7 Å². The van der Waals surface area contributed by atoms with Crippen LogP contribution in [0.5, 0.6) is 0 Å². The molecule has 0 bridgehead atoms. The van der Waals surface area contributed by atoms with Gasteiger partial charge in [0.15, 0.2) is 6.07 Å². The molecule has 14 heavy (non-hydrogen) atoms. The molecule has 0 unspecified atom stereocenters. The second-order valence-corrected chi connectivity index (χ2v) is 2.29. The van der Waals surface area contributed by atoms with Crippen LogP contribution in [-0.4, -0.2) is 4.92 Å². The standard InChI is InChI=1S/C9H3FN2O2/c10-8-4-3-7(2-1-5-11)6-9(8)12(13)14/h3-4,6H. The van der Waals surface area contributed by atoms with Crippen LogP contribution in [0.2, 0.25) is 0 Å². The number of nitriles is 1. The normalized spacial score (nSPS) is 8.29. The zero-order valence-corrected chi connectivity index (χ0v) is 6.82. The van der Waals surface area contributed by atoms with Gasteiger partial charge in [0.25, 0.3) is 0 Å². The van der Waals surface area contributed by atoms with Crippen molar-refractivity contribution in [1.82, 2.24) is 0 Å². The fourth-order valence-electron chi connectivity index (χ4n) is 0.830. The van der Waals surface area contributed by atoms with E-state index in [0.29, 0.717) is 0 Å². The van der Waals surface area contributed by atoms with Gasteiger partial charge >= 0.3 is 5.69 Å². The molecule has 1 aromatic carbocycles. The van der Waals surface area contributed by atoms with E-state index in [2.05, 4.69) is 11.8 Å². The van der Waals surface area contributed by atoms with E-state index in [-0.39, 0.29) is 5.56 Å². The van der Waals surface area contributed by atoms with Gasteiger partial charge in [-0.25, -0.2) is 0 Å². The number of hydrogen-bond donors (Lipinski definition) is 0. The molecule has 1 rings (SSSR count). The summed E-state index contributed by atoms with van der Waals surface area (Å²) < 4.78 is 12.8. The molecule has 0 N–H and O–H groups in total. The minimum atomic E-state index is -0.919. The first-order valence-corrected chi connectivity index (χ1v) is 3.49. The van der Waals surface area contributed by atoms with Crippen molar-refractivity contribution in [2.45, 2.75) is 0 Å². The Balaban J connectivity index is 3.21. The molecule has 0 aliphatic rings. The lowest BCUT2D eigenvalue weighted by molar-refractivity contribution is -0.387. The Hall–Kier alpha value is -2.40. The molecular formula is C9H3FN2O2. The van der Waals surface area contributed by atoms with Crippen LogP contribution in [0.3, 0.4) is 0 Å². The second kappa shape index (κ2) is 4.01. The van der Waals surface area contributed by atoms with E-state index in [4.69, 9.17) is 5.26 Å². The highest BCUT2D eigenvalue weighted by molar-refractivity contribution is 5.45. The van der Waals surface area contributed by atoms with Crippen molar-refractivity contribution in [3.63, 3.8) is 0 Å². The van der Waals surface area contributed by atoms with E-state index < -0.39 is 16.4 Å². The average Bonchev–Trinajstić information content (AvgIpc) is 2.16. The highest BCUT2D eigenvalue weighted by Crippen LogP contribution is 2.17. The van der Waals surface area contributed by atoms with Crippen molar-refractivity contribution in [3.8, 4) is 17.9 Å². The molecule has 0 aliphatic carbocycles. The summed E-state index contributed by atoms with van der Waals surface area (Å²) in [5, 5.41) is 18.4. The maximum absolute atomic E-state index is 12.8. The average molecular weight is 190 g/mol. The molecule has 0 saturated heterocycles. The Morgan fingerprint density at radius 1 is 1.50 bits per heavy atom. The molecule has 4 nitrogen and oxygen atoms in total. The van der Waals surface area contributed by atoms with Gasteiger partial charge in [0, 0.05) is 17.6 Å². The summed E-state index contributed by atoms with van der Waals surface area (Å²) in [6, 6.07) is 4.76.